The maximum Gasteiger partial charge on any atom is 0.226 e. The van der Waals surface area contributed by atoms with Crippen LogP contribution in [-0.4, -0.2) is 41.4 Å². The second-order valence-corrected chi connectivity index (χ2v) is 6.07. The summed E-state index contributed by atoms with van der Waals surface area (Å²) in [6.07, 6.45) is 4.89. The highest BCUT2D eigenvalue weighted by molar-refractivity contribution is 5.82. The summed E-state index contributed by atoms with van der Waals surface area (Å²) in [5, 5.41) is 0. The minimum absolute atomic E-state index is 0.0846. The third kappa shape index (κ3) is 1.97. The molecule has 0 aliphatic carbocycles. The first kappa shape index (κ1) is 13.6. The SMILES string of the molecule is CCC1N(C(C)(C)C)C(=O)CC12C=CC(OC)O2. The summed E-state index contributed by atoms with van der Waals surface area (Å²) >= 11 is 0. The molecule has 1 spiro atoms. The van der Waals surface area contributed by atoms with Gasteiger partial charge in [-0.3, -0.25) is 4.79 Å². The Morgan fingerprint density at radius 1 is 1.56 bits per heavy atom. The first-order chi connectivity index (χ1) is 8.34. The van der Waals surface area contributed by atoms with Gasteiger partial charge in [0.1, 0.15) is 5.60 Å². The van der Waals surface area contributed by atoms with Crippen LogP contribution in [-0.2, 0) is 14.3 Å². The number of amides is 1. The molecule has 0 aromatic heterocycles. The topological polar surface area (TPSA) is 38.8 Å². The Bertz CT molecular complexity index is 372. The first-order valence-corrected chi connectivity index (χ1v) is 6.56. The zero-order valence-electron chi connectivity index (χ0n) is 11.9. The molecular weight excluding hydrogens is 230 g/mol. The van der Waals surface area contributed by atoms with Crippen LogP contribution in [0.4, 0.5) is 0 Å². The summed E-state index contributed by atoms with van der Waals surface area (Å²) < 4.78 is 11.2. The quantitative estimate of drug-likeness (QED) is 0.707. The van der Waals surface area contributed by atoms with Crippen LogP contribution in [0.2, 0.25) is 0 Å². The van der Waals surface area contributed by atoms with Gasteiger partial charge in [0, 0.05) is 12.6 Å². The second kappa shape index (κ2) is 4.35. The molecule has 0 aromatic rings. The molecule has 0 radical (unpaired) electrons. The second-order valence-electron chi connectivity index (χ2n) is 6.07. The standard InChI is InChI=1S/C14H23NO3/c1-6-10-14(8-7-12(17-5)18-14)9-11(16)15(10)13(2,3)4/h7-8,10,12H,6,9H2,1-5H3. The number of hydrogen-bond acceptors (Lipinski definition) is 3. The third-order valence-electron chi connectivity index (χ3n) is 3.78. The molecule has 1 amide bonds. The van der Waals surface area contributed by atoms with Crippen LogP contribution >= 0.6 is 0 Å². The van der Waals surface area contributed by atoms with Gasteiger partial charge in [0.05, 0.1) is 12.5 Å². The molecular formula is C14H23NO3. The van der Waals surface area contributed by atoms with Crippen molar-refractivity contribution in [2.75, 3.05) is 7.11 Å². The van der Waals surface area contributed by atoms with Crippen molar-refractivity contribution in [3.8, 4) is 0 Å². The summed E-state index contributed by atoms with van der Waals surface area (Å²) in [6, 6.07) is 0.0846. The molecule has 0 aromatic carbocycles. The van der Waals surface area contributed by atoms with Gasteiger partial charge in [-0.1, -0.05) is 6.92 Å². The van der Waals surface area contributed by atoms with Gasteiger partial charge in [0.2, 0.25) is 5.91 Å². The molecule has 1 saturated heterocycles. The minimum atomic E-state index is -0.500. The highest BCUT2D eigenvalue weighted by atomic mass is 16.7. The van der Waals surface area contributed by atoms with Crippen molar-refractivity contribution in [3.05, 3.63) is 12.2 Å². The fourth-order valence-electron chi connectivity index (χ4n) is 3.15. The van der Waals surface area contributed by atoms with E-state index in [4.69, 9.17) is 9.47 Å². The lowest BCUT2D eigenvalue weighted by atomic mass is 9.91. The van der Waals surface area contributed by atoms with Gasteiger partial charge in [0.15, 0.2) is 6.29 Å². The molecule has 4 heteroatoms. The number of carbonyl (C=O) groups excluding carboxylic acids is 1. The fourth-order valence-corrected chi connectivity index (χ4v) is 3.15. The van der Waals surface area contributed by atoms with Crippen molar-refractivity contribution in [3.63, 3.8) is 0 Å². The molecule has 18 heavy (non-hydrogen) atoms. The summed E-state index contributed by atoms with van der Waals surface area (Å²) in [5.41, 5.74) is -0.677. The molecule has 2 aliphatic heterocycles. The Labute approximate surface area is 109 Å². The monoisotopic (exact) mass is 253 g/mol. The van der Waals surface area contributed by atoms with Crippen molar-refractivity contribution < 1.29 is 14.3 Å². The van der Waals surface area contributed by atoms with Crippen LogP contribution in [0, 0.1) is 0 Å². The molecule has 0 N–H and O–H groups in total. The summed E-state index contributed by atoms with van der Waals surface area (Å²) in [5.74, 6) is 0.163. The van der Waals surface area contributed by atoms with Gasteiger partial charge in [-0.25, -0.2) is 0 Å². The Hall–Kier alpha value is -0.870. The smallest absolute Gasteiger partial charge is 0.226 e. The molecule has 2 heterocycles. The van der Waals surface area contributed by atoms with E-state index < -0.39 is 5.60 Å². The van der Waals surface area contributed by atoms with Crippen LogP contribution in [0.5, 0.6) is 0 Å². The number of nitrogens with zero attached hydrogens (tertiary/aromatic N) is 1. The fraction of sp³-hybridized carbons (Fsp3) is 0.786. The Balaban J connectivity index is 2.31. The Kier molecular flexibility index (Phi) is 3.28. The van der Waals surface area contributed by atoms with Gasteiger partial charge < -0.3 is 14.4 Å². The van der Waals surface area contributed by atoms with Gasteiger partial charge in [-0.2, -0.15) is 0 Å². The number of carbonyl (C=O) groups is 1. The van der Waals surface area contributed by atoms with E-state index in [0.29, 0.717) is 6.42 Å². The van der Waals surface area contributed by atoms with Crippen molar-refractivity contribution in [1.82, 2.24) is 4.90 Å². The van der Waals surface area contributed by atoms with E-state index in [0.717, 1.165) is 6.42 Å². The van der Waals surface area contributed by atoms with Crippen LogP contribution in [0.25, 0.3) is 0 Å². The Morgan fingerprint density at radius 3 is 2.67 bits per heavy atom. The van der Waals surface area contributed by atoms with E-state index in [-0.39, 0.29) is 23.8 Å². The molecule has 4 nitrogen and oxygen atoms in total. The molecule has 3 atom stereocenters. The van der Waals surface area contributed by atoms with Gasteiger partial charge >= 0.3 is 0 Å². The average Bonchev–Trinajstić information content (AvgIpc) is 2.79. The van der Waals surface area contributed by atoms with Crippen LogP contribution in [0.15, 0.2) is 12.2 Å². The number of methoxy groups -OCH3 is 1. The number of rotatable bonds is 2. The lowest BCUT2D eigenvalue weighted by Crippen LogP contribution is -2.52. The van der Waals surface area contributed by atoms with Crippen LogP contribution in [0.3, 0.4) is 0 Å². The predicted octanol–water partition coefficient (Wildman–Crippen LogP) is 2.09. The van der Waals surface area contributed by atoms with Crippen molar-refractivity contribution in [2.24, 2.45) is 0 Å². The van der Waals surface area contributed by atoms with E-state index in [1.54, 1.807) is 7.11 Å². The minimum Gasteiger partial charge on any atom is -0.352 e. The number of likely N-dealkylation sites (tertiary alicyclic amines) is 1. The van der Waals surface area contributed by atoms with E-state index in [1.165, 1.54) is 0 Å². The zero-order valence-corrected chi connectivity index (χ0v) is 11.9. The molecule has 1 fully saturated rings. The molecule has 2 rings (SSSR count). The molecule has 0 bridgehead atoms. The van der Waals surface area contributed by atoms with Crippen molar-refractivity contribution in [1.29, 1.82) is 0 Å². The van der Waals surface area contributed by atoms with Crippen LogP contribution < -0.4 is 0 Å². The highest BCUT2D eigenvalue weighted by Crippen LogP contribution is 2.43. The first-order valence-electron chi connectivity index (χ1n) is 6.56. The van der Waals surface area contributed by atoms with Gasteiger partial charge in [0.25, 0.3) is 0 Å². The molecule has 102 valence electrons. The van der Waals surface area contributed by atoms with E-state index in [2.05, 4.69) is 27.7 Å². The van der Waals surface area contributed by atoms with Crippen molar-refractivity contribution in [2.45, 2.75) is 64.0 Å². The maximum absolute atomic E-state index is 12.3. The zero-order chi connectivity index (χ0) is 13.6. The number of ether oxygens (including phenoxy) is 2. The largest absolute Gasteiger partial charge is 0.352 e. The summed E-state index contributed by atoms with van der Waals surface area (Å²) in [4.78, 5) is 14.3. The normalized spacial score (nSPS) is 36.1. The van der Waals surface area contributed by atoms with Crippen LogP contribution in [0.1, 0.15) is 40.5 Å². The highest BCUT2D eigenvalue weighted by Gasteiger charge is 2.55. The summed E-state index contributed by atoms with van der Waals surface area (Å²) in [7, 11) is 1.62. The van der Waals surface area contributed by atoms with Crippen molar-refractivity contribution >= 4 is 5.91 Å². The third-order valence-corrected chi connectivity index (χ3v) is 3.78. The maximum atomic E-state index is 12.3. The lowest BCUT2D eigenvalue weighted by Gasteiger charge is -2.40. The molecule has 3 unspecified atom stereocenters. The average molecular weight is 253 g/mol. The predicted molar refractivity (Wildman–Crippen MR) is 69.0 cm³/mol. The van der Waals surface area contributed by atoms with Gasteiger partial charge in [-0.15, -0.1) is 0 Å². The molecule has 0 saturated carbocycles. The lowest BCUT2D eigenvalue weighted by molar-refractivity contribution is -0.152. The number of hydrogen-bond donors (Lipinski definition) is 0. The summed E-state index contributed by atoms with van der Waals surface area (Å²) in [6.45, 7) is 8.30. The van der Waals surface area contributed by atoms with Gasteiger partial charge in [-0.05, 0) is 39.3 Å². The van der Waals surface area contributed by atoms with E-state index in [1.807, 2.05) is 17.1 Å². The van der Waals surface area contributed by atoms with E-state index in [9.17, 15) is 4.79 Å². The molecule has 2 aliphatic rings. The van der Waals surface area contributed by atoms with E-state index >= 15 is 0 Å². The Morgan fingerprint density at radius 2 is 2.22 bits per heavy atom.